The molecule has 0 unspecified atom stereocenters. The van der Waals surface area contributed by atoms with Gasteiger partial charge in [0.15, 0.2) is 6.61 Å². The predicted molar refractivity (Wildman–Crippen MR) is 133 cm³/mol. The third-order valence-electron chi connectivity index (χ3n) is 4.46. The first-order valence-electron chi connectivity index (χ1n) is 10.3. The molecule has 0 radical (unpaired) electrons. The summed E-state index contributed by atoms with van der Waals surface area (Å²) in [7, 11) is 0. The third kappa shape index (κ3) is 8.51. The summed E-state index contributed by atoms with van der Waals surface area (Å²) in [6, 6.07) is 14.6. The molecule has 0 spiro atoms. The average Bonchev–Trinajstić information content (AvgIpc) is 2.83. The summed E-state index contributed by atoms with van der Waals surface area (Å²) in [5.74, 6) is -2.65. The summed E-state index contributed by atoms with van der Waals surface area (Å²) >= 11 is 11.8. The fourth-order valence-electron chi connectivity index (χ4n) is 2.83. The Labute approximate surface area is 218 Å². The lowest BCUT2D eigenvalue weighted by atomic mass is 10.2. The van der Waals surface area contributed by atoms with Crippen molar-refractivity contribution < 1.29 is 32.3 Å². The van der Waals surface area contributed by atoms with Crippen molar-refractivity contribution in [1.29, 1.82) is 0 Å². The number of nitrogens with zero attached hydrogens (tertiary/aromatic N) is 1. The molecule has 3 rings (SSSR count). The van der Waals surface area contributed by atoms with Crippen molar-refractivity contribution in [3.8, 4) is 5.75 Å². The zero-order valence-corrected chi connectivity index (χ0v) is 20.1. The summed E-state index contributed by atoms with van der Waals surface area (Å²) in [5, 5.41) is 9.02. The zero-order chi connectivity index (χ0) is 27.0. The number of carbonyl (C=O) groups is 3. The first kappa shape index (κ1) is 27.5. The molecule has 3 aromatic rings. The van der Waals surface area contributed by atoms with Gasteiger partial charge in [0.1, 0.15) is 5.75 Å². The van der Waals surface area contributed by atoms with E-state index in [-0.39, 0.29) is 22.0 Å². The van der Waals surface area contributed by atoms with Gasteiger partial charge in [-0.05, 0) is 54.6 Å². The van der Waals surface area contributed by atoms with Crippen LogP contribution in [0, 0.1) is 0 Å². The smallest absolute Gasteiger partial charge is 0.416 e. The number of hydrogen-bond donors (Lipinski definition) is 3. The van der Waals surface area contributed by atoms with E-state index in [2.05, 4.69) is 15.7 Å². The number of halogens is 5. The minimum absolute atomic E-state index is 0.0555. The molecule has 0 aliphatic heterocycles. The molecule has 0 aliphatic carbocycles. The number of carbonyl (C=O) groups excluding carboxylic acids is 3. The van der Waals surface area contributed by atoms with Gasteiger partial charge in [-0.3, -0.25) is 14.4 Å². The molecular formula is C24H17Cl2F3N4O4. The van der Waals surface area contributed by atoms with Crippen LogP contribution in [-0.4, -0.2) is 30.5 Å². The predicted octanol–water partition coefficient (Wildman–Crippen LogP) is 5.12. The van der Waals surface area contributed by atoms with Gasteiger partial charge in [-0.1, -0.05) is 35.3 Å². The van der Waals surface area contributed by atoms with Gasteiger partial charge in [0.2, 0.25) is 0 Å². The lowest BCUT2D eigenvalue weighted by Crippen LogP contribution is -2.32. The molecule has 0 saturated heterocycles. The average molecular weight is 553 g/mol. The Hall–Kier alpha value is -4.09. The van der Waals surface area contributed by atoms with Gasteiger partial charge in [0, 0.05) is 27.0 Å². The fourth-order valence-corrected chi connectivity index (χ4v) is 3.20. The topological polar surface area (TPSA) is 109 Å². The highest BCUT2D eigenvalue weighted by molar-refractivity contribution is 6.39. The quantitative estimate of drug-likeness (QED) is 0.215. The maximum Gasteiger partial charge on any atom is 0.416 e. The number of hydrogen-bond acceptors (Lipinski definition) is 5. The maximum absolute atomic E-state index is 12.8. The van der Waals surface area contributed by atoms with Gasteiger partial charge in [-0.15, -0.1) is 0 Å². The Bertz CT molecular complexity index is 1350. The van der Waals surface area contributed by atoms with E-state index in [0.29, 0.717) is 10.7 Å². The van der Waals surface area contributed by atoms with Crippen molar-refractivity contribution in [2.75, 3.05) is 17.2 Å². The summed E-state index contributed by atoms with van der Waals surface area (Å²) in [4.78, 5) is 36.2. The van der Waals surface area contributed by atoms with Crippen LogP contribution in [0.5, 0.6) is 5.75 Å². The number of rotatable bonds is 7. The third-order valence-corrected chi connectivity index (χ3v) is 4.93. The van der Waals surface area contributed by atoms with Crippen molar-refractivity contribution in [2.45, 2.75) is 6.18 Å². The highest BCUT2D eigenvalue weighted by atomic mass is 35.5. The molecule has 3 aromatic carbocycles. The van der Waals surface area contributed by atoms with E-state index in [1.807, 2.05) is 5.43 Å². The molecule has 0 aromatic heterocycles. The van der Waals surface area contributed by atoms with Crippen LogP contribution in [-0.2, 0) is 20.6 Å². The number of hydrazone groups is 1. The molecule has 0 fully saturated rings. The Morgan fingerprint density at radius 1 is 0.865 bits per heavy atom. The van der Waals surface area contributed by atoms with Gasteiger partial charge in [0.05, 0.1) is 11.8 Å². The summed E-state index contributed by atoms with van der Waals surface area (Å²) < 4.78 is 44.0. The lowest BCUT2D eigenvalue weighted by molar-refractivity contribution is -0.137. The molecule has 192 valence electrons. The van der Waals surface area contributed by atoms with Crippen LogP contribution in [0.25, 0.3) is 0 Å². The number of benzene rings is 3. The standard InChI is InChI=1S/C24H17Cl2F3N4O4/c25-16-4-2-6-19(11-16)32-22(35)23(36)33-30-12-14-9-17(26)7-8-20(14)37-13-21(34)31-18-5-1-3-15(10-18)24(27,28)29/h1-12H,13H2,(H,31,34)(H,32,35)(H,33,36)/b30-12-. The molecule has 0 bridgehead atoms. The number of amides is 3. The number of ether oxygens (including phenoxy) is 1. The van der Waals surface area contributed by atoms with Gasteiger partial charge >= 0.3 is 18.0 Å². The monoisotopic (exact) mass is 552 g/mol. The molecule has 3 amide bonds. The lowest BCUT2D eigenvalue weighted by Gasteiger charge is -2.11. The Balaban J connectivity index is 1.58. The molecular weight excluding hydrogens is 536 g/mol. The molecule has 0 atom stereocenters. The van der Waals surface area contributed by atoms with Gasteiger partial charge in [-0.25, -0.2) is 5.43 Å². The van der Waals surface area contributed by atoms with Crippen LogP contribution in [0.4, 0.5) is 24.5 Å². The fraction of sp³-hybridized carbons (Fsp3) is 0.0833. The van der Waals surface area contributed by atoms with Crippen LogP contribution in [0.15, 0.2) is 71.8 Å². The van der Waals surface area contributed by atoms with Crippen molar-refractivity contribution in [3.63, 3.8) is 0 Å². The van der Waals surface area contributed by atoms with Crippen molar-refractivity contribution in [1.82, 2.24) is 5.43 Å². The van der Waals surface area contributed by atoms with E-state index < -0.39 is 36.1 Å². The van der Waals surface area contributed by atoms with E-state index in [4.69, 9.17) is 27.9 Å². The zero-order valence-electron chi connectivity index (χ0n) is 18.6. The second kappa shape index (κ2) is 12.2. The van der Waals surface area contributed by atoms with E-state index in [0.717, 1.165) is 24.4 Å². The highest BCUT2D eigenvalue weighted by Crippen LogP contribution is 2.30. The second-order valence-corrected chi connectivity index (χ2v) is 8.13. The van der Waals surface area contributed by atoms with Gasteiger partial charge < -0.3 is 15.4 Å². The molecule has 37 heavy (non-hydrogen) atoms. The first-order valence-corrected chi connectivity index (χ1v) is 11.1. The minimum Gasteiger partial charge on any atom is -0.483 e. The van der Waals surface area contributed by atoms with E-state index in [1.54, 1.807) is 18.2 Å². The van der Waals surface area contributed by atoms with Crippen molar-refractivity contribution in [2.24, 2.45) is 5.10 Å². The van der Waals surface area contributed by atoms with Gasteiger partial charge in [0.25, 0.3) is 5.91 Å². The van der Waals surface area contributed by atoms with E-state index in [9.17, 15) is 27.6 Å². The molecule has 0 saturated carbocycles. The Morgan fingerprint density at radius 2 is 1.54 bits per heavy atom. The highest BCUT2D eigenvalue weighted by Gasteiger charge is 2.30. The largest absolute Gasteiger partial charge is 0.483 e. The number of anilines is 2. The molecule has 0 aliphatic rings. The summed E-state index contributed by atoms with van der Waals surface area (Å²) in [6.07, 6.45) is -3.42. The minimum atomic E-state index is -4.56. The molecule has 3 N–H and O–H groups in total. The van der Waals surface area contributed by atoms with E-state index in [1.165, 1.54) is 30.3 Å². The van der Waals surface area contributed by atoms with Crippen LogP contribution in [0.1, 0.15) is 11.1 Å². The molecule has 8 nitrogen and oxygen atoms in total. The van der Waals surface area contributed by atoms with Crippen LogP contribution >= 0.6 is 23.2 Å². The SMILES string of the molecule is O=C(COc1ccc(Cl)cc1/C=N\NC(=O)C(=O)Nc1cccc(Cl)c1)Nc1cccc(C(F)(F)F)c1. The summed E-state index contributed by atoms with van der Waals surface area (Å²) in [6.45, 7) is -0.548. The maximum atomic E-state index is 12.8. The van der Waals surface area contributed by atoms with E-state index >= 15 is 0 Å². The number of alkyl halides is 3. The Kier molecular flexibility index (Phi) is 9.10. The van der Waals surface area contributed by atoms with Crippen LogP contribution in [0.3, 0.4) is 0 Å². The first-order chi connectivity index (χ1) is 17.5. The molecule has 13 heteroatoms. The Morgan fingerprint density at radius 3 is 2.24 bits per heavy atom. The van der Waals surface area contributed by atoms with Crippen molar-refractivity contribution in [3.05, 3.63) is 87.9 Å². The second-order valence-electron chi connectivity index (χ2n) is 7.26. The van der Waals surface area contributed by atoms with Gasteiger partial charge in [-0.2, -0.15) is 18.3 Å². The van der Waals surface area contributed by atoms with Crippen LogP contribution < -0.4 is 20.8 Å². The van der Waals surface area contributed by atoms with Crippen LogP contribution in [0.2, 0.25) is 10.0 Å². The normalized spacial score (nSPS) is 11.2. The van der Waals surface area contributed by atoms with Crippen molar-refractivity contribution >= 4 is 58.5 Å². The molecule has 0 heterocycles. The summed E-state index contributed by atoms with van der Waals surface area (Å²) in [5.41, 5.74) is 1.63. The number of nitrogens with one attached hydrogen (secondary N) is 3.